The third-order valence-corrected chi connectivity index (χ3v) is 3.56. The number of hydrogen-bond acceptors (Lipinski definition) is 8. The molecule has 0 bridgehead atoms. The maximum absolute atomic E-state index is 11.8. The van der Waals surface area contributed by atoms with Crippen molar-refractivity contribution >= 4 is 46.6 Å². The average molecular weight is 379 g/mol. The van der Waals surface area contributed by atoms with E-state index in [9.17, 15) is 28.8 Å². The lowest BCUT2D eigenvalue weighted by atomic mass is 10.1. The van der Waals surface area contributed by atoms with Crippen molar-refractivity contribution in [3.8, 4) is 0 Å². The standard InChI is InChI=1S/C12H17N3O9S/c13-5(10(20)21)1-2-7(16)15-6(4-25-12(24)11(22)23)9(19)14-3-8(17)18/h5-6H,1-4,13H2,(H,14,19)(H,15,16)(H,17,18)(H,20,21)(H,22,23)/t5-,6-/m0/s1. The Hall–Kier alpha value is -2.67. The summed E-state index contributed by atoms with van der Waals surface area (Å²) < 4.78 is 0. The third kappa shape index (κ3) is 9.93. The monoisotopic (exact) mass is 379 g/mol. The number of hydrogen-bond donors (Lipinski definition) is 6. The first-order valence-corrected chi connectivity index (χ1v) is 7.70. The van der Waals surface area contributed by atoms with Gasteiger partial charge in [0.15, 0.2) is 0 Å². The van der Waals surface area contributed by atoms with Crippen molar-refractivity contribution in [2.24, 2.45) is 5.73 Å². The summed E-state index contributed by atoms with van der Waals surface area (Å²) >= 11 is 0.246. The number of carboxylic acid groups (broad SMARTS) is 3. The lowest BCUT2D eigenvalue weighted by molar-refractivity contribution is -0.145. The van der Waals surface area contributed by atoms with Gasteiger partial charge in [0.1, 0.15) is 18.6 Å². The van der Waals surface area contributed by atoms with Crippen LogP contribution < -0.4 is 16.4 Å². The predicted octanol–water partition coefficient (Wildman–Crippen LogP) is -2.79. The molecule has 0 heterocycles. The van der Waals surface area contributed by atoms with Crippen LogP contribution in [-0.4, -0.2) is 74.5 Å². The van der Waals surface area contributed by atoms with Gasteiger partial charge in [-0.15, -0.1) is 0 Å². The molecule has 0 radical (unpaired) electrons. The van der Waals surface area contributed by atoms with E-state index in [1.165, 1.54) is 0 Å². The number of aliphatic carboxylic acids is 3. The second kappa shape index (κ2) is 11.0. The number of rotatable bonds is 10. The van der Waals surface area contributed by atoms with Gasteiger partial charge in [0.25, 0.3) is 5.12 Å². The summed E-state index contributed by atoms with van der Waals surface area (Å²) in [4.78, 5) is 66.1. The smallest absolute Gasteiger partial charge is 0.383 e. The SMILES string of the molecule is N[C@@H](CCC(=O)N[C@@H](CSC(=O)C(=O)O)C(=O)NCC(=O)O)C(=O)O. The summed E-state index contributed by atoms with van der Waals surface area (Å²) in [5.74, 6) is -6.56. The fourth-order valence-corrected chi connectivity index (χ4v) is 2.04. The fourth-order valence-electron chi connectivity index (χ4n) is 1.37. The van der Waals surface area contributed by atoms with E-state index in [0.29, 0.717) is 0 Å². The van der Waals surface area contributed by atoms with Crippen LogP contribution in [0.2, 0.25) is 0 Å². The van der Waals surface area contributed by atoms with Crippen molar-refractivity contribution < 1.29 is 44.1 Å². The molecule has 0 unspecified atom stereocenters. The third-order valence-electron chi connectivity index (χ3n) is 2.62. The van der Waals surface area contributed by atoms with Crippen LogP contribution in [0.1, 0.15) is 12.8 Å². The van der Waals surface area contributed by atoms with Crippen molar-refractivity contribution in [3.63, 3.8) is 0 Å². The Morgan fingerprint density at radius 3 is 2.12 bits per heavy atom. The van der Waals surface area contributed by atoms with E-state index >= 15 is 0 Å². The molecule has 0 aromatic carbocycles. The van der Waals surface area contributed by atoms with Gasteiger partial charge >= 0.3 is 17.9 Å². The minimum atomic E-state index is -1.74. The Kier molecular flexibility index (Phi) is 9.81. The molecule has 7 N–H and O–H groups in total. The predicted molar refractivity (Wildman–Crippen MR) is 82.5 cm³/mol. The highest BCUT2D eigenvalue weighted by atomic mass is 32.2. The summed E-state index contributed by atoms with van der Waals surface area (Å²) in [6.07, 6.45) is -0.556. The van der Waals surface area contributed by atoms with Crippen LogP contribution in [0.4, 0.5) is 0 Å². The molecular formula is C12H17N3O9S. The Labute approximate surface area is 145 Å². The van der Waals surface area contributed by atoms with Crippen LogP contribution >= 0.6 is 11.8 Å². The molecule has 0 aliphatic carbocycles. The molecule has 0 fully saturated rings. The summed E-state index contributed by atoms with van der Waals surface area (Å²) in [5, 5.41) is 28.5. The Morgan fingerprint density at radius 2 is 1.64 bits per heavy atom. The highest BCUT2D eigenvalue weighted by Gasteiger charge is 2.25. The first kappa shape index (κ1) is 22.3. The van der Waals surface area contributed by atoms with Crippen molar-refractivity contribution in [1.82, 2.24) is 10.6 Å². The van der Waals surface area contributed by atoms with E-state index < -0.39 is 59.2 Å². The molecule has 0 aliphatic heterocycles. The van der Waals surface area contributed by atoms with Gasteiger partial charge in [-0.25, -0.2) is 4.79 Å². The average Bonchev–Trinajstić information content (AvgIpc) is 2.53. The summed E-state index contributed by atoms with van der Waals surface area (Å²) in [6.45, 7) is -0.743. The fraction of sp³-hybridized carbons (Fsp3) is 0.500. The van der Waals surface area contributed by atoms with E-state index in [1.807, 2.05) is 5.32 Å². The minimum absolute atomic E-state index is 0.216. The molecule has 0 saturated heterocycles. The first-order chi connectivity index (χ1) is 11.5. The highest BCUT2D eigenvalue weighted by molar-refractivity contribution is 8.15. The number of carboxylic acids is 3. The number of thioether (sulfide) groups is 1. The van der Waals surface area contributed by atoms with Gasteiger partial charge in [0.05, 0.1) is 0 Å². The van der Waals surface area contributed by atoms with Crippen LogP contribution in [0, 0.1) is 0 Å². The molecule has 140 valence electrons. The molecule has 12 nitrogen and oxygen atoms in total. The van der Waals surface area contributed by atoms with Crippen LogP contribution in [0.25, 0.3) is 0 Å². The van der Waals surface area contributed by atoms with E-state index in [-0.39, 0.29) is 24.6 Å². The van der Waals surface area contributed by atoms with Crippen LogP contribution in [0.3, 0.4) is 0 Å². The normalized spacial score (nSPS) is 12.5. The van der Waals surface area contributed by atoms with Crippen LogP contribution in [-0.2, 0) is 28.8 Å². The van der Waals surface area contributed by atoms with Gasteiger partial charge in [-0.1, -0.05) is 11.8 Å². The van der Waals surface area contributed by atoms with Gasteiger partial charge in [-0.05, 0) is 6.42 Å². The molecule has 0 aliphatic rings. The van der Waals surface area contributed by atoms with Gasteiger partial charge in [-0.3, -0.25) is 24.0 Å². The van der Waals surface area contributed by atoms with Gasteiger partial charge in [0, 0.05) is 12.2 Å². The largest absolute Gasteiger partial charge is 0.480 e. The molecule has 0 aromatic heterocycles. The van der Waals surface area contributed by atoms with Crippen molar-refractivity contribution in [3.05, 3.63) is 0 Å². The zero-order valence-electron chi connectivity index (χ0n) is 12.8. The molecule has 0 aromatic rings. The molecule has 0 spiro atoms. The molecule has 2 amide bonds. The van der Waals surface area contributed by atoms with Crippen LogP contribution in [0.15, 0.2) is 0 Å². The molecule has 2 atom stereocenters. The van der Waals surface area contributed by atoms with E-state index in [2.05, 4.69) is 5.32 Å². The number of amides is 2. The summed E-state index contributed by atoms with van der Waals surface area (Å²) in [7, 11) is 0. The second-order valence-corrected chi connectivity index (χ2v) is 5.61. The quantitative estimate of drug-likeness (QED) is 0.213. The summed E-state index contributed by atoms with van der Waals surface area (Å²) in [6, 6.07) is -2.67. The number of nitrogens with one attached hydrogen (secondary N) is 2. The number of nitrogens with two attached hydrogens (primary N) is 1. The lowest BCUT2D eigenvalue weighted by Gasteiger charge is -2.17. The zero-order chi connectivity index (χ0) is 19.6. The van der Waals surface area contributed by atoms with Crippen LogP contribution in [0.5, 0.6) is 0 Å². The van der Waals surface area contributed by atoms with Crippen molar-refractivity contribution in [1.29, 1.82) is 0 Å². The zero-order valence-corrected chi connectivity index (χ0v) is 13.6. The Bertz CT molecular complexity index is 566. The van der Waals surface area contributed by atoms with E-state index in [0.717, 1.165) is 0 Å². The Morgan fingerprint density at radius 1 is 1.04 bits per heavy atom. The van der Waals surface area contributed by atoms with Crippen molar-refractivity contribution in [2.45, 2.75) is 24.9 Å². The number of carbonyl (C=O) groups is 6. The van der Waals surface area contributed by atoms with E-state index in [1.54, 1.807) is 0 Å². The molecule has 0 rings (SSSR count). The first-order valence-electron chi connectivity index (χ1n) is 6.71. The van der Waals surface area contributed by atoms with Gasteiger partial charge in [-0.2, -0.15) is 0 Å². The lowest BCUT2D eigenvalue weighted by Crippen LogP contribution is -2.49. The van der Waals surface area contributed by atoms with Gasteiger partial charge < -0.3 is 31.7 Å². The maximum atomic E-state index is 11.8. The number of carbonyl (C=O) groups excluding carboxylic acids is 3. The van der Waals surface area contributed by atoms with E-state index in [4.69, 9.17) is 21.1 Å². The minimum Gasteiger partial charge on any atom is -0.480 e. The molecule has 25 heavy (non-hydrogen) atoms. The topological polar surface area (TPSA) is 213 Å². The van der Waals surface area contributed by atoms with Crippen molar-refractivity contribution in [2.75, 3.05) is 12.3 Å². The molecule has 0 saturated carbocycles. The molecule has 13 heteroatoms. The highest BCUT2D eigenvalue weighted by Crippen LogP contribution is 2.06. The van der Waals surface area contributed by atoms with Gasteiger partial charge in [0.2, 0.25) is 11.8 Å². The summed E-state index contributed by atoms with van der Waals surface area (Å²) in [5.41, 5.74) is 5.23. The Balaban J connectivity index is 4.75. The second-order valence-electron chi connectivity index (χ2n) is 4.62. The molecular weight excluding hydrogens is 362 g/mol. The maximum Gasteiger partial charge on any atom is 0.383 e.